The molecule has 2 N–H and O–H groups in total. The molecule has 0 atom stereocenters. The molecule has 0 unspecified atom stereocenters. The van der Waals surface area contributed by atoms with Gasteiger partial charge < -0.3 is 5.32 Å². The SMILES string of the molecule is Cc1nc(NC(=O)Cc2cc(Cl)n[nH]2)ccc1Br. The van der Waals surface area contributed by atoms with E-state index in [2.05, 4.69) is 36.4 Å². The molecule has 0 radical (unpaired) electrons. The summed E-state index contributed by atoms with van der Waals surface area (Å²) in [6.45, 7) is 1.86. The van der Waals surface area contributed by atoms with E-state index in [0.717, 1.165) is 10.2 Å². The summed E-state index contributed by atoms with van der Waals surface area (Å²) in [5.74, 6) is 0.343. The number of H-pyrrole nitrogens is 1. The van der Waals surface area contributed by atoms with Crippen molar-refractivity contribution in [1.82, 2.24) is 15.2 Å². The van der Waals surface area contributed by atoms with Crippen LogP contribution in [0.5, 0.6) is 0 Å². The molecule has 7 heteroatoms. The van der Waals surface area contributed by atoms with E-state index in [1.807, 2.05) is 13.0 Å². The van der Waals surface area contributed by atoms with Gasteiger partial charge in [0, 0.05) is 10.2 Å². The van der Waals surface area contributed by atoms with Gasteiger partial charge in [-0.15, -0.1) is 0 Å². The van der Waals surface area contributed by atoms with Crippen molar-refractivity contribution in [1.29, 1.82) is 0 Å². The second-order valence-electron chi connectivity index (χ2n) is 3.70. The van der Waals surface area contributed by atoms with E-state index >= 15 is 0 Å². The van der Waals surface area contributed by atoms with E-state index < -0.39 is 0 Å². The monoisotopic (exact) mass is 328 g/mol. The predicted molar refractivity (Wildman–Crippen MR) is 72.6 cm³/mol. The Hall–Kier alpha value is -1.40. The minimum Gasteiger partial charge on any atom is -0.310 e. The quantitative estimate of drug-likeness (QED) is 0.909. The Labute approximate surface area is 117 Å². The first-order valence-corrected chi connectivity index (χ1v) is 6.34. The van der Waals surface area contributed by atoms with Crippen LogP contribution < -0.4 is 5.32 Å². The Morgan fingerprint density at radius 3 is 2.94 bits per heavy atom. The zero-order valence-electron chi connectivity index (χ0n) is 9.50. The summed E-state index contributed by atoms with van der Waals surface area (Å²) < 4.78 is 0.904. The lowest BCUT2D eigenvalue weighted by atomic mass is 10.3. The number of aryl methyl sites for hydroxylation is 1. The number of amides is 1. The Kier molecular flexibility index (Phi) is 3.98. The van der Waals surface area contributed by atoms with Gasteiger partial charge in [0.25, 0.3) is 0 Å². The van der Waals surface area contributed by atoms with Crippen LogP contribution in [-0.2, 0) is 11.2 Å². The molecule has 0 fully saturated rings. The van der Waals surface area contributed by atoms with Gasteiger partial charge in [-0.05, 0) is 41.1 Å². The normalized spacial score (nSPS) is 10.4. The highest BCUT2D eigenvalue weighted by molar-refractivity contribution is 9.10. The number of hydrogen-bond donors (Lipinski definition) is 2. The largest absolute Gasteiger partial charge is 0.310 e. The molecule has 0 saturated heterocycles. The van der Waals surface area contributed by atoms with Gasteiger partial charge in [0.05, 0.1) is 12.1 Å². The fraction of sp³-hybridized carbons (Fsp3) is 0.182. The molecule has 0 aliphatic rings. The summed E-state index contributed by atoms with van der Waals surface area (Å²) in [6, 6.07) is 5.18. The average Bonchev–Trinajstić information content (AvgIpc) is 2.69. The summed E-state index contributed by atoms with van der Waals surface area (Å²) in [7, 11) is 0. The lowest BCUT2D eigenvalue weighted by Gasteiger charge is -2.05. The van der Waals surface area contributed by atoms with Crippen LogP contribution >= 0.6 is 27.5 Å². The summed E-state index contributed by atoms with van der Waals surface area (Å²) in [4.78, 5) is 16.0. The zero-order valence-corrected chi connectivity index (χ0v) is 11.8. The Morgan fingerprint density at radius 1 is 1.56 bits per heavy atom. The summed E-state index contributed by atoms with van der Waals surface area (Å²) >= 11 is 9.00. The number of aromatic amines is 1. The van der Waals surface area contributed by atoms with Gasteiger partial charge in [-0.3, -0.25) is 9.89 Å². The highest BCUT2D eigenvalue weighted by atomic mass is 79.9. The average molecular weight is 330 g/mol. The molecule has 0 aliphatic carbocycles. The van der Waals surface area contributed by atoms with Gasteiger partial charge in [0.2, 0.25) is 5.91 Å². The number of aromatic nitrogens is 3. The highest BCUT2D eigenvalue weighted by Gasteiger charge is 2.08. The molecular formula is C11H10BrClN4O. The smallest absolute Gasteiger partial charge is 0.231 e. The Balaban J connectivity index is 2.00. The van der Waals surface area contributed by atoms with E-state index in [4.69, 9.17) is 11.6 Å². The van der Waals surface area contributed by atoms with Crippen molar-refractivity contribution in [3.05, 3.63) is 39.2 Å². The summed E-state index contributed by atoms with van der Waals surface area (Å²) in [5, 5.41) is 9.46. The summed E-state index contributed by atoms with van der Waals surface area (Å²) in [6.07, 6.45) is 0.177. The molecule has 2 rings (SSSR count). The first-order valence-electron chi connectivity index (χ1n) is 5.17. The minimum atomic E-state index is -0.176. The summed E-state index contributed by atoms with van der Waals surface area (Å²) in [5.41, 5.74) is 1.48. The second-order valence-corrected chi connectivity index (χ2v) is 4.95. The molecule has 5 nitrogen and oxygen atoms in total. The Morgan fingerprint density at radius 2 is 2.33 bits per heavy atom. The fourth-order valence-corrected chi connectivity index (χ4v) is 1.79. The maximum atomic E-state index is 11.7. The van der Waals surface area contributed by atoms with Gasteiger partial charge in [0.1, 0.15) is 5.82 Å². The fourth-order valence-electron chi connectivity index (χ4n) is 1.40. The second kappa shape index (κ2) is 5.49. The van der Waals surface area contributed by atoms with Crippen LogP contribution in [0.2, 0.25) is 5.15 Å². The lowest BCUT2D eigenvalue weighted by Crippen LogP contribution is -2.15. The van der Waals surface area contributed by atoms with Crippen LogP contribution in [0.1, 0.15) is 11.4 Å². The van der Waals surface area contributed by atoms with Crippen molar-refractivity contribution in [2.75, 3.05) is 5.32 Å². The number of hydrogen-bond acceptors (Lipinski definition) is 3. The van der Waals surface area contributed by atoms with Crippen LogP contribution in [0.3, 0.4) is 0 Å². The van der Waals surface area contributed by atoms with Crippen molar-refractivity contribution < 1.29 is 4.79 Å². The van der Waals surface area contributed by atoms with Crippen molar-refractivity contribution in [3.8, 4) is 0 Å². The first kappa shape index (κ1) is 13.0. The number of nitrogens with zero attached hydrogens (tertiary/aromatic N) is 2. The standard InChI is InChI=1S/C11H10BrClN4O/c1-6-8(12)2-3-10(14-6)15-11(18)5-7-4-9(13)17-16-7/h2-4H,5H2,1H3,(H,16,17)(H,14,15,18). The third-order valence-corrected chi connectivity index (χ3v) is 3.27. The van der Waals surface area contributed by atoms with Gasteiger partial charge in [0.15, 0.2) is 5.15 Å². The van der Waals surface area contributed by atoms with E-state index in [1.165, 1.54) is 0 Å². The van der Waals surface area contributed by atoms with Crippen molar-refractivity contribution in [2.24, 2.45) is 0 Å². The molecule has 0 aromatic carbocycles. The molecule has 0 bridgehead atoms. The number of nitrogens with one attached hydrogen (secondary N) is 2. The number of halogens is 2. The number of carbonyl (C=O) groups excluding carboxylic acids is 1. The third kappa shape index (κ3) is 3.30. The minimum absolute atomic E-state index is 0.176. The van der Waals surface area contributed by atoms with E-state index in [9.17, 15) is 4.79 Å². The van der Waals surface area contributed by atoms with Gasteiger partial charge in [-0.1, -0.05) is 11.6 Å². The van der Waals surface area contributed by atoms with Crippen LogP contribution in [0, 0.1) is 6.92 Å². The third-order valence-electron chi connectivity index (χ3n) is 2.24. The van der Waals surface area contributed by atoms with E-state index in [0.29, 0.717) is 16.7 Å². The van der Waals surface area contributed by atoms with Crippen LogP contribution in [0.15, 0.2) is 22.7 Å². The first-order chi connectivity index (χ1) is 8.54. The van der Waals surface area contributed by atoms with Crippen molar-refractivity contribution in [2.45, 2.75) is 13.3 Å². The lowest BCUT2D eigenvalue weighted by molar-refractivity contribution is -0.115. The van der Waals surface area contributed by atoms with Gasteiger partial charge >= 0.3 is 0 Å². The van der Waals surface area contributed by atoms with E-state index in [-0.39, 0.29) is 12.3 Å². The maximum absolute atomic E-state index is 11.7. The number of anilines is 1. The number of pyridine rings is 1. The molecule has 18 heavy (non-hydrogen) atoms. The molecule has 0 saturated carbocycles. The Bertz CT molecular complexity index is 584. The molecule has 1 amide bonds. The molecule has 2 aromatic rings. The van der Waals surface area contributed by atoms with Crippen LogP contribution in [0.25, 0.3) is 0 Å². The molecular weight excluding hydrogens is 320 g/mol. The molecule has 2 aromatic heterocycles. The number of carbonyl (C=O) groups is 1. The molecule has 0 aliphatic heterocycles. The van der Waals surface area contributed by atoms with Gasteiger partial charge in [-0.25, -0.2) is 4.98 Å². The molecule has 2 heterocycles. The van der Waals surface area contributed by atoms with Crippen LogP contribution in [-0.4, -0.2) is 21.1 Å². The van der Waals surface area contributed by atoms with Crippen molar-refractivity contribution >= 4 is 39.3 Å². The predicted octanol–water partition coefficient (Wildman–Crippen LogP) is 2.71. The molecule has 0 spiro atoms. The van der Waals surface area contributed by atoms with Crippen LogP contribution in [0.4, 0.5) is 5.82 Å². The topological polar surface area (TPSA) is 70.7 Å². The van der Waals surface area contributed by atoms with Crippen molar-refractivity contribution in [3.63, 3.8) is 0 Å². The zero-order chi connectivity index (χ0) is 13.1. The van der Waals surface area contributed by atoms with E-state index in [1.54, 1.807) is 12.1 Å². The molecule has 94 valence electrons. The number of rotatable bonds is 3. The van der Waals surface area contributed by atoms with Gasteiger partial charge in [-0.2, -0.15) is 5.10 Å². The maximum Gasteiger partial charge on any atom is 0.231 e. The highest BCUT2D eigenvalue weighted by Crippen LogP contribution is 2.16.